The van der Waals surface area contributed by atoms with Gasteiger partial charge in [-0.05, 0) is 36.4 Å². The Hall–Kier alpha value is -1.40. The average molecular weight is 362 g/mol. The van der Waals surface area contributed by atoms with Crippen LogP contribution in [-0.2, 0) is 0 Å². The van der Waals surface area contributed by atoms with Gasteiger partial charge >= 0.3 is 0 Å². The van der Waals surface area contributed by atoms with E-state index in [-0.39, 0.29) is 5.56 Å². The second kappa shape index (κ2) is 6.58. The summed E-state index contributed by atoms with van der Waals surface area (Å²) in [5, 5.41) is 2.94. The molecule has 0 aliphatic carbocycles. The van der Waals surface area contributed by atoms with Gasteiger partial charge in [0.15, 0.2) is 11.6 Å². The maximum absolute atomic E-state index is 13.9. The number of rotatable bonds is 4. The molecule has 0 aliphatic heterocycles. The minimum atomic E-state index is -1.26. The summed E-state index contributed by atoms with van der Waals surface area (Å²) in [6, 6.07) is 4.57. The van der Waals surface area contributed by atoms with Crippen molar-refractivity contribution in [3.05, 3.63) is 69.2 Å². The molecule has 0 saturated carbocycles. The molecule has 112 valence electrons. The number of hydrogen-bond donors (Lipinski definition) is 1. The Morgan fingerprint density at radius 3 is 2.24 bits per heavy atom. The second-order valence-corrected chi connectivity index (χ2v) is 5.40. The summed E-state index contributed by atoms with van der Waals surface area (Å²) in [5.74, 6) is -3.80. The van der Waals surface area contributed by atoms with E-state index in [0.29, 0.717) is 22.6 Å². The van der Waals surface area contributed by atoms with Crippen molar-refractivity contribution in [3.8, 4) is 0 Å². The van der Waals surface area contributed by atoms with E-state index in [1.807, 2.05) is 0 Å². The summed E-state index contributed by atoms with van der Waals surface area (Å²) < 4.78 is 54.3. The van der Waals surface area contributed by atoms with Crippen molar-refractivity contribution < 1.29 is 17.6 Å². The van der Waals surface area contributed by atoms with Crippen LogP contribution in [0.25, 0.3) is 0 Å². The Bertz CT molecular complexity index is 640. The molecule has 0 saturated heterocycles. The van der Waals surface area contributed by atoms with Gasteiger partial charge in [0.1, 0.15) is 11.6 Å². The summed E-state index contributed by atoms with van der Waals surface area (Å²) >= 11 is 3.15. The van der Waals surface area contributed by atoms with Crippen molar-refractivity contribution in [2.75, 3.05) is 6.54 Å². The minimum Gasteiger partial charge on any atom is -0.306 e. The standard InChI is InChI=1S/C15H12BrF4N/c1-2-21-15(8-3-9(16)5-10(17)4-8)11-6-13(19)14(20)7-12(11)18/h3-7,15,21H,2H2,1H3. The number of hydrogen-bond acceptors (Lipinski definition) is 1. The van der Waals surface area contributed by atoms with Gasteiger partial charge in [0, 0.05) is 16.1 Å². The van der Waals surface area contributed by atoms with Gasteiger partial charge in [-0.15, -0.1) is 0 Å². The highest BCUT2D eigenvalue weighted by atomic mass is 79.9. The molecular weight excluding hydrogens is 350 g/mol. The van der Waals surface area contributed by atoms with Gasteiger partial charge in [-0.1, -0.05) is 22.9 Å². The zero-order valence-electron chi connectivity index (χ0n) is 11.1. The van der Waals surface area contributed by atoms with E-state index in [2.05, 4.69) is 21.2 Å². The van der Waals surface area contributed by atoms with Crippen LogP contribution in [0.4, 0.5) is 17.6 Å². The Balaban J connectivity index is 2.55. The van der Waals surface area contributed by atoms with Crippen LogP contribution in [-0.4, -0.2) is 6.54 Å². The molecule has 0 spiro atoms. The average Bonchev–Trinajstić information content (AvgIpc) is 2.39. The normalized spacial score (nSPS) is 12.5. The molecule has 1 N–H and O–H groups in total. The molecule has 1 atom stereocenters. The predicted octanol–water partition coefficient (Wildman–Crippen LogP) is 4.70. The highest BCUT2D eigenvalue weighted by Crippen LogP contribution is 2.28. The second-order valence-electron chi connectivity index (χ2n) is 4.48. The summed E-state index contributed by atoms with van der Waals surface area (Å²) in [7, 11) is 0. The third-order valence-electron chi connectivity index (χ3n) is 2.98. The minimum absolute atomic E-state index is 0.0757. The molecule has 0 heterocycles. The van der Waals surface area contributed by atoms with Crippen molar-refractivity contribution >= 4 is 15.9 Å². The molecule has 0 amide bonds. The first-order chi connectivity index (χ1) is 9.92. The fourth-order valence-electron chi connectivity index (χ4n) is 2.11. The molecule has 6 heteroatoms. The summed E-state index contributed by atoms with van der Waals surface area (Å²) in [5.41, 5.74) is 0.335. The monoisotopic (exact) mass is 361 g/mol. The van der Waals surface area contributed by atoms with Crippen molar-refractivity contribution in [3.63, 3.8) is 0 Å². The molecule has 0 aromatic heterocycles. The SMILES string of the molecule is CCNC(c1cc(F)cc(Br)c1)c1cc(F)c(F)cc1F. The number of benzene rings is 2. The maximum atomic E-state index is 13.9. The van der Waals surface area contributed by atoms with Crippen LogP contribution in [0.15, 0.2) is 34.8 Å². The molecule has 1 unspecified atom stereocenters. The van der Waals surface area contributed by atoms with E-state index in [1.54, 1.807) is 13.0 Å². The molecule has 0 bridgehead atoms. The van der Waals surface area contributed by atoms with Gasteiger partial charge in [-0.2, -0.15) is 0 Å². The Kier molecular flexibility index (Phi) is 5.00. The topological polar surface area (TPSA) is 12.0 Å². The lowest BCUT2D eigenvalue weighted by molar-refractivity contribution is 0.480. The quantitative estimate of drug-likeness (QED) is 0.614. The molecule has 0 aliphatic rings. The van der Waals surface area contributed by atoms with Crippen LogP contribution < -0.4 is 5.32 Å². The van der Waals surface area contributed by atoms with Gasteiger partial charge in [-0.3, -0.25) is 0 Å². The van der Waals surface area contributed by atoms with E-state index < -0.39 is 29.3 Å². The summed E-state index contributed by atoms with van der Waals surface area (Å²) in [6.45, 7) is 2.22. The number of halogens is 5. The van der Waals surface area contributed by atoms with Gasteiger partial charge in [0.2, 0.25) is 0 Å². The molecule has 2 rings (SSSR count). The Morgan fingerprint density at radius 1 is 0.952 bits per heavy atom. The van der Waals surface area contributed by atoms with Gasteiger partial charge in [-0.25, -0.2) is 17.6 Å². The van der Waals surface area contributed by atoms with Crippen LogP contribution in [0.1, 0.15) is 24.1 Å². The molecular formula is C15H12BrF4N. The molecule has 0 radical (unpaired) electrons. The first kappa shape index (κ1) is 16.0. The lowest BCUT2D eigenvalue weighted by Gasteiger charge is -2.20. The van der Waals surface area contributed by atoms with Gasteiger partial charge < -0.3 is 5.32 Å². The lowest BCUT2D eigenvalue weighted by Crippen LogP contribution is -2.23. The zero-order valence-corrected chi connectivity index (χ0v) is 12.6. The third kappa shape index (κ3) is 3.63. The fraction of sp³-hybridized carbons (Fsp3) is 0.200. The summed E-state index contributed by atoms with van der Waals surface area (Å²) in [4.78, 5) is 0. The molecule has 1 nitrogen and oxygen atoms in total. The number of nitrogens with one attached hydrogen (secondary N) is 1. The van der Waals surface area contributed by atoms with Crippen molar-refractivity contribution in [2.45, 2.75) is 13.0 Å². The van der Waals surface area contributed by atoms with Crippen LogP contribution in [0, 0.1) is 23.3 Å². The largest absolute Gasteiger partial charge is 0.306 e. The van der Waals surface area contributed by atoms with E-state index in [0.717, 1.165) is 6.07 Å². The van der Waals surface area contributed by atoms with Gasteiger partial charge in [0.25, 0.3) is 0 Å². The lowest BCUT2D eigenvalue weighted by atomic mass is 9.97. The highest BCUT2D eigenvalue weighted by Gasteiger charge is 2.21. The predicted molar refractivity (Wildman–Crippen MR) is 75.9 cm³/mol. The van der Waals surface area contributed by atoms with Crippen LogP contribution in [0.5, 0.6) is 0 Å². The zero-order chi connectivity index (χ0) is 15.6. The van der Waals surface area contributed by atoms with Crippen LogP contribution in [0.2, 0.25) is 0 Å². The van der Waals surface area contributed by atoms with Crippen molar-refractivity contribution in [2.24, 2.45) is 0 Å². The van der Waals surface area contributed by atoms with Crippen LogP contribution >= 0.6 is 15.9 Å². The molecule has 0 fully saturated rings. The first-order valence-electron chi connectivity index (χ1n) is 6.26. The Morgan fingerprint density at radius 2 is 1.62 bits per heavy atom. The van der Waals surface area contributed by atoms with E-state index in [9.17, 15) is 17.6 Å². The van der Waals surface area contributed by atoms with E-state index in [4.69, 9.17) is 0 Å². The maximum Gasteiger partial charge on any atom is 0.161 e. The summed E-state index contributed by atoms with van der Waals surface area (Å²) in [6.07, 6.45) is 0. The van der Waals surface area contributed by atoms with Crippen LogP contribution in [0.3, 0.4) is 0 Å². The fourth-order valence-corrected chi connectivity index (χ4v) is 2.60. The molecule has 21 heavy (non-hydrogen) atoms. The molecule has 2 aromatic carbocycles. The Labute approximate surface area is 128 Å². The first-order valence-corrected chi connectivity index (χ1v) is 7.05. The van der Waals surface area contributed by atoms with Gasteiger partial charge in [0.05, 0.1) is 6.04 Å². The highest BCUT2D eigenvalue weighted by molar-refractivity contribution is 9.10. The van der Waals surface area contributed by atoms with Crippen molar-refractivity contribution in [1.82, 2.24) is 5.32 Å². The van der Waals surface area contributed by atoms with E-state index >= 15 is 0 Å². The smallest absolute Gasteiger partial charge is 0.161 e. The third-order valence-corrected chi connectivity index (χ3v) is 3.43. The molecule has 2 aromatic rings. The van der Waals surface area contributed by atoms with Crippen molar-refractivity contribution in [1.29, 1.82) is 0 Å². The van der Waals surface area contributed by atoms with E-state index in [1.165, 1.54) is 12.1 Å².